The van der Waals surface area contributed by atoms with Crippen molar-refractivity contribution in [3.63, 3.8) is 0 Å². The van der Waals surface area contributed by atoms with Gasteiger partial charge >= 0.3 is 0 Å². The van der Waals surface area contributed by atoms with Crippen LogP contribution in [0.2, 0.25) is 8.67 Å². The molecule has 1 fully saturated rings. The number of ether oxygens (including phenoxy) is 1. The first-order chi connectivity index (χ1) is 7.18. The molecule has 0 aliphatic carbocycles. The van der Waals surface area contributed by atoms with E-state index in [9.17, 15) is 5.11 Å². The first kappa shape index (κ1) is 11.7. The summed E-state index contributed by atoms with van der Waals surface area (Å²) in [5.74, 6) is 0.238. The molecule has 2 rings (SSSR count). The van der Waals surface area contributed by atoms with Crippen molar-refractivity contribution < 1.29 is 9.84 Å². The molecule has 1 aliphatic heterocycles. The number of aliphatic hydroxyl groups excluding tert-OH is 1. The highest BCUT2D eigenvalue weighted by Gasteiger charge is 2.26. The molecule has 1 saturated heterocycles. The summed E-state index contributed by atoms with van der Waals surface area (Å²) in [6, 6.07) is 1.76. The molecule has 2 nitrogen and oxygen atoms in total. The van der Waals surface area contributed by atoms with E-state index < -0.39 is 6.10 Å². The molecular formula is C10H12Cl2O2S. The SMILES string of the molecule is OC(c1cc(Cl)sc1Cl)C1CCOCC1. The van der Waals surface area contributed by atoms with E-state index in [4.69, 9.17) is 27.9 Å². The fourth-order valence-electron chi connectivity index (χ4n) is 1.84. The summed E-state index contributed by atoms with van der Waals surface area (Å²) in [7, 11) is 0. The van der Waals surface area contributed by atoms with Gasteiger partial charge in [-0.1, -0.05) is 23.2 Å². The highest BCUT2D eigenvalue weighted by molar-refractivity contribution is 7.20. The average molecular weight is 267 g/mol. The van der Waals surface area contributed by atoms with Gasteiger partial charge in [-0.15, -0.1) is 11.3 Å². The van der Waals surface area contributed by atoms with Crippen molar-refractivity contribution >= 4 is 34.5 Å². The molecule has 1 unspecified atom stereocenters. The lowest BCUT2D eigenvalue weighted by molar-refractivity contribution is 0.00738. The zero-order valence-electron chi connectivity index (χ0n) is 8.08. The Bertz CT molecular complexity index is 334. The Morgan fingerprint density at radius 3 is 2.60 bits per heavy atom. The van der Waals surface area contributed by atoms with Gasteiger partial charge in [-0.2, -0.15) is 0 Å². The molecule has 0 radical (unpaired) electrons. The summed E-state index contributed by atoms with van der Waals surface area (Å²) in [6.45, 7) is 1.44. The van der Waals surface area contributed by atoms with Crippen molar-refractivity contribution in [3.8, 4) is 0 Å². The largest absolute Gasteiger partial charge is 0.388 e. The van der Waals surface area contributed by atoms with E-state index in [0.29, 0.717) is 8.67 Å². The fourth-order valence-corrected chi connectivity index (χ4v) is 3.38. The van der Waals surface area contributed by atoms with Crippen LogP contribution in [-0.4, -0.2) is 18.3 Å². The number of thiophene rings is 1. The summed E-state index contributed by atoms with van der Waals surface area (Å²) in [6.07, 6.45) is 1.25. The Hall–Kier alpha value is 0.200. The zero-order valence-corrected chi connectivity index (χ0v) is 10.4. The molecule has 0 aromatic carbocycles. The lowest BCUT2D eigenvalue weighted by atomic mass is 9.91. The minimum Gasteiger partial charge on any atom is -0.388 e. The minimum atomic E-state index is -0.509. The van der Waals surface area contributed by atoms with Crippen molar-refractivity contribution in [1.29, 1.82) is 0 Å². The van der Waals surface area contributed by atoms with Crippen LogP contribution in [0.1, 0.15) is 24.5 Å². The monoisotopic (exact) mass is 266 g/mol. The van der Waals surface area contributed by atoms with Gasteiger partial charge in [0.15, 0.2) is 0 Å². The van der Waals surface area contributed by atoms with E-state index in [1.165, 1.54) is 11.3 Å². The number of hydrogen-bond donors (Lipinski definition) is 1. The van der Waals surface area contributed by atoms with Crippen LogP contribution in [0.25, 0.3) is 0 Å². The number of rotatable bonds is 2. The minimum absolute atomic E-state index is 0.238. The summed E-state index contributed by atoms with van der Waals surface area (Å²) < 4.78 is 6.48. The normalized spacial score (nSPS) is 20.5. The van der Waals surface area contributed by atoms with Crippen LogP contribution < -0.4 is 0 Å². The summed E-state index contributed by atoms with van der Waals surface area (Å²) in [4.78, 5) is 0. The maximum atomic E-state index is 10.1. The molecule has 5 heteroatoms. The molecule has 1 aromatic rings. The number of aliphatic hydroxyl groups is 1. The highest BCUT2D eigenvalue weighted by atomic mass is 35.5. The van der Waals surface area contributed by atoms with Gasteiger partial charge in [0, 0.05) is 18.8 Å². The Morgan fingerprint density at radius 2 is 2.07 bits per heavy atom. The van der Waals surface area contributed by atoms with Crippen molar-refractivity contribution in [2.75, 3.05) is 13.2 Å². The summed E-state index contributed by atoms with van der Waals surface area (Å²) in [5, 5.41) is 10.1. The van der Waals surface area contributed by atoms with Crippen LogP contribution in [0.3, 0.4) is 0 Å². The van der Waals surface area contributed by atoms with Gasteiger partial charge in [0.05, 0.1) is 10.4 Å². The molecule has 0 spiro atoms. The van der Waals surface area contributed by atoms with Crippen LogP contribution in [0.15, 0.2) is 6.07 Å². The maximum Gasteiger partial charge on any atom is 0.100 e. The van der Waals surface area contributed by atoms with Crippen molar-refractivity contribution in [2.24, 2.45) is 5.92 Å². The number of halogens is 2. The molecule has 0 amide bonds. The first-order valence-corrected chi connectivity index (χ1v) is 6.46. The molecule has 15 heavy (non-hydrogen) atoms. The van der Waals surface area contributed by atoms with Crippen molar-refractivity contribution in [1.82, 2.24) is 0 Å². The lowest BCUT2D eigenvalue weighted by Gasteiger charge is -2.26. The van der Waals surface area contributed by atoms with Crippen molar-refractivity contribution in [3.05, 3.63) is 20.3 Å². The first-order valence-electron chi connectivity index (χ1n) is 4.89. The molecule has 1 aromatic heterocycles. The fraction of sp³-hybridized carbons (Fsp3) is 0.600. The van der Waals surface area contributed by atoms with Gasteiger partial charge < -0.3 is 9.84 Å². The van der Waals surface area contributed by atoms with Gasteiger partial charge in [-0.3, -0.25) is 0 Å². The third kappa shape index (κ3) is 2.66. The van der Waals surface area contributed by atoms with Gasteiger partial charge in [0.1, 0.15) is 4.34 Å². The standard InChI is InChI=1S/C10H12Cl2O2S/c11-8-5-7(10(12)15-8)9(13)6-1-3-14-4-2-6/h5-6,9,13H,1-4H2. The predicted octanol–water partition coefficient (Wildman–Crippen LogP) is 3.51. The molecular weight excluding hydrogens is 255 g/mol. The predicted molar refractivity (Wildman–Crippen MR) is 62.8 cm³/mol. The topological polar surface area (TPSA) is 29.5 Å². The average Bonchev–Trinajstić information content (AvgIpc) is 2.58. The molecule has 84 valence electrons. The lowest BCUT2D eigenvalue weighted by Crippen LogP contribution is -2.21. The third-order valence-corrected chi connectivity index (χ3v) is 4.23. The molecule has 1 atom stereocenters. The van der Waals surface area contributed by atoms with E-state index in [1.54, 1.807) is 6.07 Å². The van der Waals surface area contributed by atoms with Gasteiger partial charge in [0.2, 0.25) is 0 Å². The second-order valence-electron chi connectivity index (χ2n) is 3.67. The van der Waals surface area contributed by atoms with Crippen LogP contribution in [0, 0.1) is 5.92 Å². The third-order valence-electron chi connectivity index (χ3n) is 2.71. The zero-order chi connectivity index (χ0) is 10.8. The highest BCUT2D eigenvalue weighted by Crippen LogP contribution is 2.39. The van der Waals surface area contributed by atoms with E-state index in [1.807, 2.05) is 0 Å². The molecule has 1 N–H and O–H groups in total. The van der Waals surface area contributed by atoms with Crippen molar-refractivity contribution in [2.45, 2.75) is 18.9 Å². The smallest absolute Gasteiger partial charge is 0.100 e. The van der Waals surface area contributed by atoms with Gasteiger partial charge in [-0.25, -0.2) is 0 Å². The molecule has 0 bridgehead atoms. The van der Waals surface area contributed by atoms with Crippen LogP contribution in [0.5, 0.6) is 0 Å². The molecule has 2 heterocycles. The van der Waals surface area contributed by atoms with E-state index in [2.05, 4.69) is 0 Å². The summed E-state index contributed by atoms with van der Waals surface area (Å²) >= 11 is 13.2. The van der Waals surface area contributed by atoms with Gasteiger partial charge in [-0.05, 0) is 24.8 Å². The quantitative estimate of drug-likeness (QED) is 0.888. The maximum absolute atomic E-state index is 10.1. The van der Waals surface area contributed by atoms with E-state index in [-0.39, 0.29) is 5.92 Å². The second kappa shape index (κ2) is 5.02. The Balaban J connectivity index is 2.12. The Morgan fingerprint density at radius 1 is 1.40 bits per heavy atom. The van der Waals surface area contributed by atoms with Crippen LogP contribution >= 0.6 is 34.5 Å². The molecule has 1 aliphatic rings. The number of hydrogen-bond acceptors (Lipinski definition) is 3. The molecule has 0 saturated carbocycles. The van der Waals surface area contributed by atoms with Crippen LogP contribution in [-0.2, 0) is 4.74 Å². The van der Waals surface area contributed by atoms with Crippen LogP contribution in [0.4, 0.5) is 0 Å². The Labute approximate surface area is 103 Å². The van der Waals surface area contributed by atoms with E-state index in [0.717, 1.165) is 31.6 Å². The van der Waals surface area contributed by atoms with E-state index >= 15 is 0 Å². The second-order valence-corrected chi connectivity index (χ2v) is 5.96. The summed E-state index contributed by atoms with van der Waals surface area (Å²) in [5.41, 5.74) is 0.763. The Kier molecular flexibility index (Phi) is 3.91. The van der Waals surface area contributed by atoms with Gasteiger partial charge in [0.25, 0.3) is 0 Å².